The summed E-state index contributed by atoms with van der Waals surface area (Å²) in [4.78, 5) is 14.5. The van der Waals surface area contributed by atoms with E-state index >= 15 is 0 Å². The van der Waals surface area contributed by atoms with Gasteiger partial charge < -0.3 is 15.5 Å². The average molecular weight is 253 g/mol. The van der Waals surface area contributed by atoms with Gasteiger partial charge in [0.05, 0.1) is 5.92 Å². The van der Waals surface area contributed by atoms with E-state index in [1.165, 1.54) is 25.9 Å². The first kappa shape index (κ1) is 13.8. The Hall–Kier alpha value is -0.610. The summed E-state index contributed by atoms with van der Waals surface area (Å²) >= 11 is 0. The molecule has 0 aromatic carbocycles. The summed E-state index contributed by atoms with van der Waals surface area (Å²) in [6, 6.07) is 0. The maximum Gasteiger partial charge on any atom is 0.224 e. The third-order valence-electron chi connectivity index (χ3n) is 4.06. The predicted octanol–water partition coefficient (Wildman–Crippen LogP) is 0.834. The summed E-state index contributed by atoms with van der Waals surface area (Å²) < 4.78 is 0. The van der Waals surface area contributed by atoms with E-state index < -0.39 is 0 Å². The number of carbonyl (C=O) groups is 1. The molecule has 0 spiro atoms. The van der Waals surface area contributed by atoms with E-state index in [1.54, 1.807) is 0 Å². The van der Waals surface area contributed by atoms with Gasteiger partial charge in [-0.1, -0.05) is 6.92 Å². The number of piperidine rings is 1. The molecular formula is C14H27N3O. The van der Waals surface area contributed by atoms with Crippen molar-refractivity contribution < 1.29 is 4.79 Å². The number of likely N-dealkylation sites (tertiary alicyclic amines) is 1. The molecule has 0 saturated carbocycles. The smallest absolute Gasteiger partial charge is 0.224 e. The Kier molecular flexibility index (Phi) is 5.45. The van der Waals surface area contributed by atoms with Crippen molar-refractivity contribution in [3.05, 3.63) is 0 Å². The molecule has 2 heterocycles. The van der Waals surface area contributed by atoms with Gasteiger partial charge in [-0.25, -0.2) is 0 Å². The van der Waals surface area contributed by atoms with Crippen LogP contribution in [-0.4, -0.2) is 50.1 Å². The molecule has 0 aromatic rings. The lowest BCUT2D eigenvalue weighted by Crippen LogP contribution is -2.42. The lowest BCUT2D eigenvalue weighted by Gasteiger charge is -2.24. The van der Waals surface area contributed by atoms with Gasteiger partial charge >= 0.3 is 0 Å². The fourth-order valence-electron chi connectivity index (χ4n) is 2.97. The summed E-state index contributed by atoms with van der Waals surface area (Å²) in [6.07, 6.45) is 4.85. The number of nitrogens with one attached hydrogen (secondary N) is 2. The number of rotatable bonds is 5. The second-order valence-corrected chi connectivity index (χ2v) is 5.90. The highest BCUT2D eigenvalue weighted by atomic mass is 16.1. The van der Waals surface area contributed by atoms with E-state index in [-0.39, 0.29) is 11.8 Å². The summed E-state index contributed by atoms with van der Waals surface area (Å²) in [5, 5.41) is 6.41. The van der Waals surface area contributed by atoms with Gasteiger partial charge in [-0.3, -0.25) is 4.79 Å². The van der Waals surface area contributed by atoms with Crippen molar-refractivity contribution in [3.63, 3.8) is 0 Å². The minimum absolute atomic E-state index is 0.192. The fraction of sp³-hybridized carbons (Fsp3) is 0.929. The molecule has 0 radical (unpaired) electrons. The van der Waals surface area contributed by atoms with Gasteiger partial charge in [0.15, 0.2) is 0 Å². The van der Waals surface area contributed by atoms with Crippen LogP contribution in [0.4, 0.5) is 0 Å². The van der Waals surface area contributed by atoms with Gasteiger partial charge in [0.2, 0.25) is 5.91 Å². The van der Waals surface area contributed by atoms with Gasteiger partial charge in [0.1, 0.15) is 0 Å². The zero-order valence-electron chi connectivity index (χ0n) is 11.6. The van der Waals surface area contributed by atoms with Crippen LogP contribution in [0.25, 0.3) is 0 Å². The molecule has 104 valence electrons. The van der Waals surface area contributed by atoms with Gasteiger partial charge in [-0.2, -0.15) is 0 Å². The van der Waals surface area contributed by atoms with Gasteiger partial charge in [0.25, 0.3) is 0 Å². The lowest BCUT2D eigenvalue weighted by atomic mass is 9.98. The third-order valence-corrected chi connectivity index (χ3v) is 4.06. The molecule has 2 saturated heterocycles. The summed E-state index contributed by atoms with van der Waals surface area (Å²) in [5.41, 5.74) is 0. The molecule has 2 fully saturated rings. The quantitative estimate of drug-likeness (QED) is 0.763. The van der Waals surface area contributed by atoms with Crippen LogP contribution in [0.2, 0.25) is 0 Å². The zero-order valence-corrected chi connectivity index (χ0v) is 11.6. The van der Waals surface area contributed by atoms with Crippen LogP contribution in [0.5, 0.6) is 0 Å². The van der Waals surface area contributed by atoms with Crippen molar-refractivity contribution in [2.24, 2.45) is 11.8 Å². The maximum atomic E-state index is 12.0. The molecule has 0 aromatic heterocycles. The Morgan fingerprint density at radius 2 is 2.17 bits per heavy atom. The van der Waals surface area contributed by atoms with Crippen molar-refractivity contribution in [3.8, 4) is 0 Å². The Labute approximate surface area is 110 Å². The second-order valence-electron chi connectivity index (χ2n) is 5.90. The maximum absolute atomic E-state index is 12.0. The molecule has 0 bridgehead atoms. The topological polar surface area (TPSA) is 44.4 Å². The first-order valence-electron chi connectivity index (χ1n) is 7.46. The average Bonchev–Trinajstić information content (AvgIpc) is 2.90. The van der Waals surface area contributed by atoms with E-state index in [1.807, 2.05) is 0 Å². The van der Waals surface area contributed by atoms with Crippen LogP contribution in [0.3, 0.4) is 0 Å². The normalized spacial score (nSPS) is 27.1. The Morgan fingerprint density at radius 3 is 2.83 bits per heavy atom. The van der Waals surface area contributed by atoms with Crippen molar-refractivity contribution >= 4 is 5.91 Å². The summed E-state index contributed by atoms with van der Waals surface area (Å²) in [5.74, 6) is 0.997. The van der Waals surface area contributed by atoms with Crippen molar-refractivity contribution in [2.45, 2.75) is 32.6 Å². The molecule has 2 N–H and O–H groups in total. The van der Waals surface area contributed by atoms with E-state index in [9.17, 15) is 4.79 Å². The van der Waals surface area contributed by atoms with Gasteiger partial charge in [-0.05, 0) is 51.2 Å². The molecular weight excluding hydrogens is 226 g/mol. The zero-order chi connectivity index (χ0) is 12.8. The van der Waals surface area contributed by atoms with Crippen LogP contribution in [0.1, 0.15) is 32.6 Å². The monoisotopic (exact) mass is 253 g/mol. The standard InChI is InChI=1S/C14H27N3O/c1-12(11-17-7-2-3-8-17)9-16-14(18)13-5-4-6-15-10-13/h12-13,15H,2-11H2,1H3,(H,16,18)/t12?,13-/m0/s1. The van der Waals surface area contributed by atoms with Crippen LogP contribution in [0.15, 0.2) is 0 Å². The molecule has 4 nitrogen and oxygen atoms in total. The molecule has 2 aliphatic heterocycles. The largest absolute Gasteiger partial charge is 0.356 e. The second kappa shape index (κ2) is 7.10. The van der Waals surface area contributed by atoms with Crippen LogP contribution >= 0.6 is 0 Å². The third kappa shape index (κ3) is 4.25. The highest BCUT2D eigenvalue weighted by Crippen LogP contribution is 2.11. The van der Waals surface area contributed by atoms with Crippen LogP contribution in [-0.2, 0) is 4.79 Å². The Morgan fingerprint density at radius 1 is 1.39 bits per heavy atom. The summed E-state index contributed by atoms with van der Waals surface area (Å²) in [7, 11) is 0. The first-order chi connectivity index (χ1) is 8.75. The highest BCUT2D eigenvalue weighted by molar-refractivity contribution is 5.78. The van der Waals surface area contributed by atoms with Gasteiger partial charge in [-0.15, -0.1) is 0 Å². The molecule has 2 rings (SSSR count). The highest BCUT2D eigenvalue weighted by Gasteiger charge is 2.21. The Balaban J connectivity index is 1.61. The molecule has 4 heteroatoms. The molecule has 2 atom stereocenters. The number of nitrogens with zero attached hydrogens (tertiary/aromatic N) is 1. The van der Waals surface area contributed by atoms with Crippen molar-refractivity contribution in [1.82, 2.24) is 15.5 Å². The number of hydrogen-bond donors (Lipinski definition) is 2. The first-order valence-corrected chi connectivity index (χ1v) is 7.46. The molecule has 0 aliphatic carbocycles. The van der Waals surface area contributed by atoms with Crippen LogP contribution in [0, 0.1) is 11.8 Å². The number of amides is 1. The lowest BCUT2D eigenvalue weighted by molar-refractivity contribution is -0.125. The van der Waals surface area contributed by atoms with Crippen LogP contribution < -0.4 is 10.6 Å². The van der Waals surface area contributed by atoms with Crippen molar-refractivity contribution in [1.29, 1.82) is 0 Å². The van der Waals surface area contributed by atoms with E-state index in [4.69, 9.17) is 0 Å². The molecule has 1 amide bonds. The van der Waals surface area contributed by atoms with Crippen molar-refractivity contribution in [2.75, 3.05) is 39.3 Å². The molecule has 18 heavy (non-hydrogen) atoms. The molecule has 1 unspecified atom stereocenters. The summed E-state index contributed by atoms with van der Waals surface area (Å²) in [6.45, 7) is 8.59. The number of carbonyl (C=O) groups excluding carboxylic acids is 1. The SMILES string of the molecule is CC(CNC(=O)[C@H]1CCCNC1)CN1CCCC1. The predicted molar refractivity (Wildman–Crippen MR) is 73.4 cm³/mol. The minimum atomic E-state index is 0.192. The minimum Gasteiger partial charge on any atom is -0.356 e. The van der Waals surface area contributed by atoms with E-state index in [2.05, 4.69) is 22.5 Å². The van der Waals surface area contributed by atoms with Gasteiger partial charge in [0, 0.05) is 19.6 Å². The molecule has 2 aliphatic rings. The Bertz CT molecular complexity index is 258. The van der Waals surface area contributed by atoms with E-state index in [0.717, 1.165) is 39.0 Å². The fourth-order valence-corrected chi connectivity index (χ4v) is 2.97. The van der Waals surface area contributed by atoms with E-state index in [0.29, 0.717) is 5.92 Å². The number of hydrogen-bond acceptors (Lipinski definition) is 3.